The minimum atomic E-state index is -0.320. The molecule has 7 rings (SSSR count). The number of rotatable bonds is 6. The summed E-state index contributed by atoms with van der Waals surface area (Å²) in [6.45, 7) is 0. The minimum Gasteiger partial charge on any atom is -0.436 e. The van der Waals surface area contributed by atoms with E-state index in [0.717, 1.165) is 52.1 Å². The van der Waals surface area contributed by atoms with Crippen LogP contribution in [0.3, 0.4) is 0 Å². The SMILES string of the molecule is O=C1CCCC2=C1C(c1ccc(Cl)cc1)n1nc(SCc3ccc(-c4ncc(-c5ccccc5)o4)cc3)nc1N2. The third kappa shape index (κ3) is 4.74. The Bertz CT molecular complexity index is 1730. The second-order valence-corrected chi connectivity index (χ2v) is 11.2. The number of carbonyl (C=O) groups excluding carboxylic acids is 1. The zero-order chi connectivity index (χ0) is 27.1. The van der Waals surface area contributed by atoms with Crippen molar-refractivity contribution in [1.29, 1.82) is 0 Å². The number of hydrogen-bond acceptors (Lipinski definition) is 7. The smallest absolute Gasteiger partial charge is 0.227 e. The van der Waals surface area contributed by atoms with Crippen molar-refractivity contribution < 1.29 is 9.21 Å². The van der Waals surface area contributed by atoms with Crippen molar-refractivity contribution in [3.63, 3.8) is 0 Å². The summed E-state index contributed by atoms with van der Waals surface area (Å²) < 4.78 is 7.83. The van der Waals surface area contributed by atoms with Gasteiger partial charge in [0.25, 0.3) is 0 Å². The highest BCUT2D eigenvalue weighted by atomic mass is 35.5. The second kappa shape index (κ2) is 10.4. The number of fused-ring (bicyclic) bond motifs is 1. The highest BCUT2D eigenvalue weighted by Gasteiger charge is 2.36. The number of thioether (sulfide) groups is 1. The van der Waals surface area contributed by atoms with Crippen molar-refractivity contribution in [1.82, 2.24) is 19.7 Å². The molecule has 5 aromatic rings. The molecule has 1 aliphatic heterocycles. The number of allylic oxidation sites excluding steroid dienone is 2. The predicted octanol–water partition coefficient (Wildman–Crippen LogP) is 7.57. The van der Waals surface area contributed by atoms with E-state index in [9.17, 15) is 4.79 Å². The lowest BCUT2D eigenvalue weighted by atomic mass is 9.85. The molecule has 0 saturated carbocycles. The molecule has 1 N–H and O–H groups in total. The maximum atomic E-state index is 13.0. The van der Waals surface area contributed by atoms with Crippen molar-refractivity contribution in [2.24, 2.45) is 0 Å². The van der Waals surface area contributed by atoms with Crippen molar-refractivity contribution in [2.75, 3.05) is 5.32 Å². The van der Waals surface area contributed by atoms with Crippen molar-refractivity contribution in [3.05, 3.63) is 112 Å². The number of nitrogens with zero attached hydrogens (tertiary/aromatic N) is 4. The first-order valence-corrected chi connectivity index (χ1v) is 14.5. The van der Waals surface area contributed by atoms with Gasteiger partial charge in [0.2, 0.25) is 17.0 Å². The average Bonchev–Trinajstić information content (AvgIpc) is 3.64. The number of carbonyl (C=O) groups is 1. The zero-order valence-electron chi connectivity index (χ0n) is 21.4. The van der Waals surface area contributed by atoms with E-state index in [1.54, 1.807) is 18.0 Å². The number of benzene rings is 3. The number of nitrogens with one attached hydrogen (secondary N) is 1. The first kappa shape index (κ1) is 24.9. The van der Waals surface area contributed by atoms with Gasteiger partial charge in [0.05, 0.1) is 6.20 Å². The lowest BCUT2D eigenvalue weighted by Gasteiger charge is -2.32. The van der Waals surface area contributed by atoms with Gasteiger partial charge in [-0.1, -0.05) is 78.0 Å². The molecule has 3 aromatic carbocycles. The molecule has 1 unspecified atom stereocenters. The quantitative estimate of drug-likeness (QED) is 0.212. The zero-order valence-corrected chi connectivity index (χ0v) is 23.0. The van der Waals surface area contributed by atoms with E-state index >= 15 is 0 Å². The van der Waals surface area contributed by atoms with Crippen LogP contribution >= 0.6 is 23.4 Å². The second-order valence-electron chi connectivity index (χ2n) is 9.79. The third-order valence-electron chi connectivity index (χ3n) is 7.17. The van der Waals surface area contributed by atoms with E-state index in [1.165, 1.54) is 0 Å². The van der Waals surface area contributed by atoms with Crippen LogP contribution in [0.5, 0.6) is 0 Å². The largest absolute Gasteiger partial charge is 0.436 e. The van der Waals surface area contributed by atoms with E-state index in [1.807, 2.05) is 71.4 Å². The van der Waals surface area contributed by atoms with Gasteiger partial charge in [-0.25, -0.2) is 9.67 Å². The van der Waals surface area contributed by atoms with Crippen molar-refractivity contribution in [2.45, 2.75) is 36.2 Å². The monoisotopic (exact) mass is 565 g/mol. The average molecular weight is 566 g/mol. The van der Waals surface area contributed by atoms with Crippen LogP contribution in [-0.4, -0.2) is 25.5 Å². The van der Waals surface area contributed by atoms with E-state index in [-0.39, 0.29) is 11.8 Å². The Balaban J connectivity index is 1.09. The van der Waals surface area contributed by atoms with Gasteiger partial charge in [-0.3, -0.25) is 4.79 Å². The summed E-state index contributed by atoms with van der Waals surface area (Å²) in [5.41, 5.74) is 5.74. The standard InChI is InChI=1S/C31H24ClN5O2S/c32-23-15-13-21(14-16-23)28-27-24(7-4-8-25(27)38)34-30-35-31(36-37(28)30)40-18-19-9-11-22(12-10-19)29-33-17-26(39-29)20-5-2-1-3-6-20/h1-3,5-6,9-17,28H,4,7-8,18H2,(H,34,35,36). The molecular weight excluding hydrogens is 542 g/mol. The van der Waals surface area contributed by atoms with Crippen LogP contribution in [-0.2, 0) is 10.5 Å². The van der Waals surface area contributed by atoms with Crippen molar-refractivity contribution in [3.8, 4) is 22.8 Å². The minimum absolute atomic E-state index is 0.158. The molecule has 2 aromatic heterocycles. The molecule has 3 heterocycles. The molecule has 1 atom stereocenters. The Labute approximate surface area is 240 Å². The Morgan fingerprint density at radius 2 is 1.77 bits per heavy atom. The van der Waals surface area contributed by atoms with Gasteiger partial charge in [0.1, 0.15) is 6.04 Å². The van der Waals surface area contributed by atoms with E-state index in [4.69, 9.17) is 26.1 Å². The Hall–Kier alpha value is -4.14. The molecule has 198 valence electrons. The molecule has 1 aliphatic carbocycles. The molecule has 2 aliphatic rings. The molecule has 0 spiro atoms. The van der Waals surface area contributed by atoms with Crippen LogP contribution in [0.1, 0.15) is 36.4 Å². The lowest BCUT2D eigenvalue weighted by molar-refractivity contribution is -0.116. The van der Waals surface area contributed by atoms with Gasteiger partial charge < -0.3 is 9.73 Å². The van der Waals surface area contributed by atoms with Gasteiger partial charge in [-0.15, -0.1) is 5.10 Å². The summed E-state index contributed by atoms with van der Waals surface area (Å²) in [6.07, 6.45) is 3.97. The van der Waals surface area contributed by atoms with Gasteiger partial charge in [-0.05, 0) is 48.2 Å². The number of halogens is 1. The van der Waals surface area contributed by atoms with Gasteiger partial charge in [0, 0.05) is 39.6 Å². The summed E-state index contributed by atoms with van der Waals surface area (Å²) in [6, 6.07) is 25.4. The Morgan fingerprint density at radius 1 is 0.975 bits per heavy atom. The summed E-state index contributed by atoms with van der Waals surface area (Å²) in [5, 5.41) is 9.53. The Morgan fingerprint density at radius 3 is 2.58 bits per heavy atom. The van der Waals surface area contributed by atoms with Crippen molar-refractivity contribution >= 4 is 35.1 Å². The maximum absolute atomic E-state index is 13.0. The fourth-order valence-electron chi connectivity index (χ4n) is 5.19. The first-order chi connectivity index (χ1) is 19.6. The fourth-order valence-corrected chi connectivity index (χ4v) is 6.10. The van der Waals surface area contributed by atoms with E-state index < -0.39 is 0 Å². The normalized spacial score (nSPS) is 16.4. The molecule has 40 heavy (non-hydrogen) atoms. The number of Topliss-reactive ketones (excluding diaryl/α,β-unsaturated/α-hetero) is 1. The van der Waals surface area contributed by atoms with E-state index in [0.29, 0.717) is 34.2 Å². The molecule has 0 bridgehead atoms. The summed E-state index contributed by atoms with van der Waals surface area (Å²) >= 11 is 7.71. The molecule has 0 saturated heterocycles. The van der Waals surface area contributed by atoms with Crippen LogP contribution in [0.15, 0.2) is 106 Å². The lowest BCUT2D eigenvalue weighted by Crippen LogP contribution is -2.31. The van der Waals surface area contributed by atoms with Crippen LogP contribution in [0.25, 0.3) is 22.8 Å². The van der Waals surface area contributed by atoms with Crippen LogP contribution in [0.2, 0.25) is 5.02 Å². The molecular formula is C31H24ClN5O2S. The number of aromatic nitrogens is 4. The third-order valence-corrected chi connectivity index (χ3v) is 8.33. The summed E-state index contributed by atoms with van der Waals surface area (Å²) in [5.74, 6) is 2.85. The van der Waals surface area contributed by atoms with Gasteiger partial charge >= 0.3 is 0 Å². The van der Waals surface area contributed by atoms with E-state index in [2.05, 4.69) is 22.4 Å². The predicted molar refractivity (Wildman–Crippen MR) is 156 cm³/mol. The molecule has 0 amide bonds. The Kier molecular flexibility index (Phi) is 6.49. The number of hydrogen-bond donors (Lipinski definition) is 1. The number of ketones is 1. The van der Waals surface area contributed by atoms with Crippen LogP contribution in [0, 0.1) is 0 Å². The van der Waals surface area contributed by atoms with Gasteiger partial charge in [-0.2, -0.15) is 4.98 Å². The summed E-state index contributed by atoms with van der Waals surface area (Å²) in [4.78, 5) is 22.2. The molecule has 0 radical (unpaired) electrons. The molecule has 0 fully saturated rings. The highest BCUT2D eigenvalue weighted by molar-refractivity contribution is 7.98. The molecule has 9 heteroatoms. The highest BCUT2D eigenvalue weighted by Crippen LogP contribution is 2.41. The molecule has 7 nitrogen and oxygen atoms in total. The van der Waals surface area contributed by atoms with Crippen LogP contribution < -0.4 is 5.32 Å². The summed E-state index contributed by atoms with van der Waals surface area (Å²) in [7, 11) is 0. The fraction of sp³-hybridized carbons (Fsp3) is 0.161. The topological polar surface area (TPSA) is 85.8 Å². The number of anilines is 1. The van der Waals surface area contributed by atoms with Crippen LogP contribution in [0.4, 0.5) is 5.95 Å². The first-order valence-electron chi connectivity index (χ1n) is 13.1. The van der Waals surface area contributed by atoms with Gasteiger partial charge in [0.15, 0.2) is 11.5 Å². The number of oxazole rings is 1. The maximum Gasteiger partial charge on any atom is 0.227 e.